The third kappa shape index (κ3) is 7.03. The number of hydrogen-bond acceptors (Lipinski definition) is 4. The van der Waals surface area contributed by atoms with Crippen LogP contribution in [-0.4, -0.2) is 62.6 Å². The van der Waals surface area contributed by atoms with Crippen LogP contribution in [0.4, 0.5) is 0 Å². The number of piperidine rings is 1. The molecule has 1 aliphatic heterocycles. The number of nitrogens with one attached hydrogen (secondary N) is 2. The lowest BCUT2D eigenvalue weighted by molar-refractivity contribution is -0.119. The number of hydrogen-bond donors (Lipinski definition) is 3. The molecular formula is C21H35N5O2. The lowest BCUT2D eigenvalue weighted by Crippen LogP contribution is -2.50. The number of guanidine groups is 1. The summed E-state index contributed by atoms with van der Waals surface area (Å²) in [5.41, 5.74) is 6.52. The van der Waals surface area contributed by atoms with Crippen LogP contribution >= 0.6 is 0 Å². The van der Waals surface area contributed by atoms with Crippen molar-refractivity contribution in [2.45, 2.75) is 45.1 Å². The molecular weight excluding hydrogens is 354 g/mol. The molecule has 0 saturated carbocycles. The number of benzene rings is 1. The highest BCUT2D eigenvalue weighted by molar-refractivity contribution is 5.80. The van der Waals surface area contributed by atoms with E-state index in [0.29, 0.717) is 25.7 Å². The quantitative estimate of drug-likeness (QED) is 0.373. The number of para-hydroxylation sites is 1. The van der Waals surface area contributed by atoms with Gasteiger partial charge in [-0.05, 0) is 29.9 Å². The van der Waals surface area contributed by atoms with Crippen LogP contribution < -0.4 is 21.1 Å². The van der Waals surface area contributed by atoms with E-state index in [1.54, 1.807) is 7.05 Å². The maximum atomic E-state index is 11.0. The first kappa shape index (κ1) is 22.0. The molecule has 0 spiro atoms. The summed E-state index contributed by atoms with van der Waals surface area (Å²) < 4.78 is 6.00. The molecule has 0 unspecified atom stereocenters. The van der Waals surface area contributed by atoms with Crippen molar-refractivity contribution >= 4 is 11.9 Å². The Hall–Kier alpha value is -2.28. The van der Waals surface area contributed by atoms with E-state index in [1.807, 2.05) is 18.2 Å². The van der Waals surface area contributed by atoms with Crippen molar-refractivity contribution in [2.24, 2.45) is 10.7 Å². The molecule has 1 amide bonds. The zero-order valence-electron chi connectivity index (χ0n) is 17.6. The first-order chi connectivity index (χ1) is 13.3. The Kier molecular flexibility index (Phi) is 8.11. The fourth-order valence-corrected chi connectivity index (χ4v) is 3.39. The summed E-state index contributed by atoms with van der Waals surface area (Å²) in [5, 5.41) is 6.77. The van der Waals surface area contributed by atoms with Gasteiger partial charge < -0.3 is 21.1 Å². The monoisotopic (exact) mass is 389 g/mol. The first-order valence-electron chi connectivity index (χ1n) is 9.99. The van der Waals surface area contributed by atoms with E-state index in [2.05, 4.69) is 47.4 Å². The smallest absolute Gasteiger partial charge is 0.231 e. The van der Waals surface area contributed by atoms with Gasteiger partial charge in [-0.2, -0.15) is 0 Å². The Morgan fingerprint density at radius 1 is 1.29 bits per heavy atom. The van der Waals surface area contributed by atoms with Gasteiger partial charge in [0.25, 0.3) is 0 Å². The van der Waals surface area contributed by atoms with Gasteiger partial charge in [0.1, 0.15) is 12.4 Å². The minimum absolute atomic E-state index is 0.0466. The average molecular weight is 390 g/mol. The second-order valence-electron chi connectivity index (χ2n) is 8.25. The number of likely N-dealkylation sites (tertiary alicyclic amines) is 1. The maximum absolute atomic E-state index is 11.0. The molecule has 1 fully saturated rings. The number of ether oxygens (including phenoxy) is 1. The van der Waals surface area contributed by atoms with Crippen molar-refractivity contribution in [1.29, 1.82) is 0 Å². The van der Waals surface area contributed by atoms with Crippen LogP contribution in [0.5, 0.6) is 5.75 Å². The number of nitrogens with zero attached hydrogens (tertiary/aromatic N) is 2. The second kappa shape index (κ2) is 10.3. The largest absolute Gasteiger partial charge is 0.491 e. The van der Waals surface area contributed by atoms with Gasteiger partial charge in [-0.1, -0.05) is 39.0 Å². The Bertz CT molecular complexity index is 661. The molecule has 7 nitrogen and oxygen atoms in total. The molecule has 1 aromatic carbocycles. The van der Waals surface area contributed by atoms with Crippen molar-refractivity contribution in [3.05, 3.63) is 29.8 Å². The Morgan fingerprint density at radius 3 is 2.57 bits per heavy atom. The van der Waals surface area contributed by atoms with E-state index >= 15 is 0 Å². The fraction of sp³-hybridized carbons (Fsp3) is 0.619. The fourth-order valence-electron chi connectivity index (χ4n) is 3.39. The van der Waals surface area contributed by atoms with E-state index in [0.717, 1.165) is 37.6 Å². The summed E-state index contributed by atoms with van der Waals surface area (Å²) in [5.74, 6) is 1.44. The predicted molar refractivity (Wildman–Crippen MR) is 114 cm³/mol. The van der Waals surface area contributed by atoms with Crippen LogP contribution in [0.3, 0.4) is 0 Å². The number of rotatable bonds is 7. The van der Waals surface area contributed by atoms with Gasteiger partial charge >= 0.3 is 0 Å². The lowest BCUT2D eigenvalue weighted by atomic mass is 9.86. The number of nitrogens with two attached hydrogens (primary N) is 1. The second-order valence-corrected chi connectivity index (χ2v) is 8.25. The van der Waals surface area contributed by atoms with Gasteiger partial charge in [-0.15, -0.1) is 0 Å². The minimum Gasteiger partial charge on any atom is -0.491 e. The number of amides is 1. The van der Waals surface area contributed by atoms with Crippen molar-refractivity contribution in [2.75, 3.05) is 39.8 Å². The van der Waals surface area contributed by atoms with E-state index in [9.17, 15) is 4.79 Å². The molecule has 2 rings (SSSR count). The molecule has 156 valence electrons. The number of carbonyl (C=O) groups excluding carboxylic acids is 1. The van der Waals surface area contributed by atoms with Crippen LogP contribution in [0.1, 0.15) is 39.2 Å². The van der Waals surface area contributed by atoms with Gasteiger partial charge in [0.2, 0.25) is 5.91 Å². The Balaban J connectivity index is 1.73. The van der Waals surface area contributed by atoms with Crippen LogP contribution in [0.15, 0.2) is 29.3 Å². The van der Waals surface area contributed by atoms with Crippen LogP contribution in [0, 0.1) is 0 Å². The van der Waals surface area contributed by atoms with Gasteiger partial charge in [-0.3, -0.25) is 14.7 Å². The number of carbonyl (C=O) groups is 1. The van der Waals surface area contributed by atoms with Gasteiger partial charge in [0, 0.05) is 26.2 Å². The molecule has 7 heteroatoms. The topological polar surface area (TPSA) is 92.0 Å². The lowest BCUT2D eigenvalue weighted by Gasteiger charge is -2.32. The Labute approximate surface area is 168 Å². The summed E-state index contributed by atoms with van der Waals surface area (Å²) in [7, 11) is 1.77. The molecule has 0 atom stereocenters. The molecule has 4 N–H and O–H groups in total. The van der Waals surface area contributed by atoms with Gasteiger partial charge in [-0.25, -0.2) is 0 Å². The molecule has 1 heterocycles. The third-order valence-corrected chi connectivity index (χ3v) is 4.88. The highest BCUT2D eigenvalue weighted by Gasteiger charge is 2.21. The molecule has 0 aliphatic carbocycles. The summed E-state index contributed by atoms with van der Waals surface area (Å²) in [4.78, 5) is 17.4. The Morgan fingerprint density at radius 2 is 1.96 bits per heavy atom. The summed E-state index contributed by atoms with van der Waals surface area (Å²) in [6.45, 7) is 9.86. The first-order valence-corrected chi connectivity index (χ1v) is 9.99. The molecule has 1 aliphatic rings. The maximum Gasteiger partial charge on any atom is 0.231 e. The van der Waals surface area contributed by atoms with Crippen molar-refractivity contribution < 1.29 is 9.53 Å². The molecule has 0 radical (unpaired) electrons. The van der Waals surface area contributed by atoms with Crippen LogP contribution in [-0.2, 0) is 10.2 Å². The molecule has 28 heavy (non-hydrogen) atoms. The minimum atomic E-state index is -0.267. The van der Waals surface area contributed by atoms with E-state index in [-0.39, 0.29) is 11.3 Å². The zero-order chi connectivity index (χ0) is 20.6. The molecule has 0 bridgehead atoms. The summed E-state index contributed by atoms with van der Waals surface area (Å²) in [6.07, 6.45) is 1.92. The highest BCUT2D eigenvalue weighted by atomic mass is 16.5. The standard InChI is InChI=1S/C21H35N5O2/c1-21(2,3)17-7-5-6-8-18(17)28-14-11-24-20(23-4)25-16-9-12-26(13-10-16)15-19(22)27/h5-8,16H,9-15H2,1-4H3,(H2,22,27)(H2,23,24,25). The number of aliphatic imine (C=N–C) groups is 1. The SMILES string of the molecule is CN=C(NCCOc1ccccc1C(C)(C)C)NC1CCN(CC(N)=O)CC1. The van der Waals surface area contributed by atoms with Crippen molar-refractivity contribution in [1.82, 2.24) is 15.5 Å². The summed E-state index contributed by atoms with van der Waals surface area (Å²) in [6, 6.07) is 8.54. The van der Waals surface area contributed by atoms with Crippen molar-refractivity contribution in [3.8, 4) is 5.75 Å². The predicted octanol–water partition coefficient (Wildman–Crippen LogP) is 1.48. The van der Waals surface area contributed by atoms with E-state index < -0.39 is 0 Å². The van der Waals surface area contributed by atoms with Crippen LogP contribution in [0.25, 0.3) is 0 Å². The molecule has 1 saturated heterocycles. The normalized spacial score (nSPS) is 16.6. The van der Waals surface area contributed by atoms with E-state index in [1.165, 1.54) is 5.56 Å². The zero-order valence-corrected chi connectivity index (χ0v) is 17.6. The van der Waals surface area contributed by atoms with Gasteiger partial charge in [0.05, 0.1) is 13.1 Å². The number of primary amides is 1. The van der Waals surface area contributed by atoms with Crippen molar-refractivity contribution in [3.63, 3.8) is 0 Å². The van der Waals surface area contributed by atoms with Gasteiger partial charge in [0.15, 0.2) is 5.96 Å². The third-order valence-electron chi connectivity index (χ3n) is 4.88. The molecule has 0 aromatic heterocycles. The van der Waals surface area contributed by atoms with Crippen LogP contribution in [0.2, 0.25) is 0 Å². The molecule has 1 aromatic rings. The average Bonchev–Trinajstić information content (AvgIpc) is 2.64. The summed E-state index contributed by atoms with van der Waals surface area (Å²) >= 11 is 0. The highest BCUT2D eigenvalue weighted by Crippen LogP contribution is 2.30. The van der Waals surface area contributed by atoms with E-state index in [4.69, 9.17) is 10.5 Å².